The van der Waals surface area contributed by atoms with E-state index < -0.39 is 0 Å². The van der Waals surface area contributed by atoms with Crippen molar-refractivity contribution in [3.05, 3.63) is 53.2 Å². The Balaban J connectivity index is 1.34. The second kappa shape index (κ2) is 10.2. The maximum absolute atomic E-state index is 9.27. The number of likely N-dealkylation sites (N-methyl/N-ethyl adjacent to an activating group) is 1. The van der Waals surface area contributed by atoms with Crippen molar-refractivity contribution >= 4 is 22.3 Å². The molecule has 0 spiro atoms. The predicted molar refractivity (Wildman–Crippen MR) is 146 cm³/mol. The molecule has 0 bridgehead atoms. The van der Waals surface area contributed by atoms with E-state index in [1.54, 1.807) is 0 Å². The minimum atomic E-state index is 0.138. The number of hydrogen-bond donors (Lipinski definition) is 1. The van der Waals surface area contributed by atoms with Crippen LogP contribution in [0.15, 0.2) is 36.4 Å². The van der Waals surface area contributed by atoms with Gasteiger partial charge in [-0.15, -0.1) is 0 Å². The quantitative estimate of drug-likeness (QED) is 0.553. The van der Waals surface area contributed by atoms with Crippen LogP contribution in [0.25, 0.3) is 10.8 Å². The second-order valence-corrected chi connectivity index (χ2v) is 10.6. The van der Waals surface area contributed by atoms with Gasteiger partial charge < -0.3 is 24.8 Å². The van der Waals surface area contributed by atoms with Crippen LogP contribution in [0.5, 0.6) is 6.01 Å². The summed E-state index contributed by atoms with van der Waals surface area (Å²) in [4.78, 5) is 17.0. The molecule has 6 rings (SSSR count). The van der Waals surface area contributed by atoms with Crippen LogP contribution in [0.3, 0.4) is 0 Å². The molecule has 4 heterocycles. The number of piperazine rings is 1. The Morgan fingerprint density at radius 2 is 1.97 bits per heavy atom. The molecule has 3 aliphatic heterocycles. The zero-order valence-corrected chi connectivity index (χ0v) is 21.8. The molecule has 37 heavy (non-hydrogen) atoms. The number of likely N-dealkylation sites (tertiary alicyclic amines) is 1. The highest BCUT2D eigenvalue weighted by Crippen LogP contribution is 2.38. The van der Waals surface area contributed by atoms with Crippen molar-refractivity contribution in [1.82, 2.24) is 20.2 Å². The van der Waals surface area contributed by atoms with Crippen molar-refractivity contribution in [3.8, 4) is 12.1 Å². The molecule has 2 fully saturated rings. The van der Waals surface area contributed by atoms with Crippen molar-refractivity contribution in [2.75, 3.05) is 49.6 Å². The highest BCUT2D eigenvalue weighted by molar-refractivity contribution is 5.97. The first-order chi connectivity index (χ1) is 18.1. The molecule has 3 aromatic rings. The van der Waals surface area contributed by atoms with Gasteiger partial charge in [-0.1, -0.05) is 30.3 Å². The molecular formula is C29H35N7O. The molecule has 0 saturated carbocycles. The Hall–Kier alpha value is -3.41. The third-order valence-electron chi connectivity index (χ3n) is 8.14. The summed E-state index contributed by atoms with van der Waals surface area (Å²) in [6.07, 6.45) is 2.85. The van der Waals surface area contributed by atoms with Gasteiger partial charge >= 0.3 is 6.01 Å². The number of fused-ring (bicyclic) bond motifs is 2. The van der Waals surface area contributed by atoms with E-state index in [9.17, 15) is 5.26 Å². The standard InChI is InChI=1S/C29H35N7O/c1-20-6-3-7-21-8-4-10-26(27(20)21)36-17-24-25(18-36)32-29(37-19-23-9-5-14-34(23)2)33-28(24)35-15-13-31-22(16-35)11-12-30/h3-4,6-8,10,22-23,31H,5,9,11,13-19H2,1-2H3/t22-,23-/m0/s1. The molecule has 1 aromatic heterocycles. The first-order valence-electron chi connectivity index (χ1n) is 13.4. The molecule has 2 saturated heterocycles. The lowest BCUT2D eigenvalue weighted by molar-refractivity contribution is 0.187. The van der Waals surface area contributed by atoms with Crippen LogP contribution >= 0.6 is 0 Å². The summed E-state index contributed by atoms with van der Waals surface area (Å²) in [5.74, 6) is 0.962. The summed E-state index contributed by atoms with van der Waals surface area (Å²) in [5.41, 5.74) is 4.73. The van der Waals surface area contributed by atoms with E-state index in [1.165, 1.54) is 34.0 Å². The van der Waals surface area contributed by atoms with Gasteiger partial charge in [0.2, 0.25) is 0 Å². The fourth-order valence-electron chi connectivity index (χ4n) is 6.11. The lowest BCUT2D eigenvalue weighted by atomic mass is 10.0. The predicted octanol–water partition coefficient (Wildman–Crippen LogP) is 3.62. The van der Waals surface area contributed by atoms with E-state index in [-0.39, 0.29) is 6.04 Å². The summed E-state index contributed by atoms with van der Waals surface area (Å²) in [5, 5.41) is 15.3. The summed E-state index contributed by atoms with van der Waals surface area (Å²) >= 11 is 0. The van der Waals surface area contributed by atoms with Gasteiger partial charge in [-0.2, -0.15) is 15.2 Å². The van der Waals surface area contributed by atoms with Crippen LogP contribution in [-0.4, -0.2) is 66.8 Å². The normalized spacial score (nSPS) is 21.9. The highest BCUT2D eigenvalue weighted by Gasteiger charge is 2.31. The average Bonchev–Trinajstić information content (AvgIpc) is 3.53. The Morgan fingerprint density at radius 1 is 1.11 bits per heavy atom. The van der Waals surface area contributed by atoms with E-state index in [0.717, 1.165) is 57.2 Å². The summed E-state index contributed by atoms with van der Waals surface area (Å²) in [6, 6.07) is 16.4. The van der Waals surface area contributed by atoms with Gasteiger partial charge in [0.05, 0.1) is 24.7 Å². The van der Waals surface area contributed by atoms with Crippen LogP contribution in [-0.2, 0) is 13.1 Å². The van der Waals surface area contributed by atoms with E-state index in [4.69, 9.17) is 14.7 Å². The first-order valence-corrected chi connectivity index (χ1v) is 13.4. The summed E-state index contributed by atoms with van der Waals surface area (Å²) in [7, 11) is 2.16. The molecular weight excluding hydrogens is 462 g/mol. The van der Waals surface area contributed by atoms with Gasteiger partial charge in [0.1, 0.15) is 12.4 Å². The van der Waals surface area contributed by atoms with Crippen molar-refractivity contribution in [3.63, 3.8) is 0 Å². The maximum atomic E-state index is 9.27. The zero-order chi connectivity index (χ0) is 25.4. The van der Waals surface area contributed by atoms with Crippen molar-refractivity contribution in [2.24, 2.45) is 0 Å². The van der Waals surface area contributed by atoms with E-state index >= 15 is 0 Å². The molecule has 0 amide bonds. The van der Waals surface area contributed by atoms with Crippen molar-refractivity contribution in [1.29, 1.82) is 5.26 Å². The summed E-state index contributed by atoms with van der Waals surface area (Å²) in [6.45, 7) is 7.84. The molecule has 8 heteroatoms. The topological polar surface area (TPSA) is 80.6 Å². The number of nitriles is 1. The molecule has 8 nitrogen and oxygen atoms in total. The highest BCUT2D eigenvalue weighted by atomic mass is 16.5. The number of rotatable bonds is 6. The van der Waals surface area contributed by atoms with E-state index in [2.05, 4.69) is 76.5 Å². The number of anilines is 2. The number of nitrogens with one attached hydrogen (secondary N) is 1. The number of aromatic nitrogens is 2. The van der Waals surface area contributed by atoms with Crippen LogP contribution in [0.2, 0.25) is 0 Å². The molecule has 1 N–H and O–H groups in total. The fraction of sp³-hybridized carbons (Fsp3) is 0.483. The van der Waals surface area contributed by atoms with Crippen LogP contribution in [0.4, 0.5) is 11.5 Å². The minimum absolute atomic E-state index is 0.138. The largest absolute Gasteiger partial charge is 0.462 e. The fourth-order valence-corrected chi connectivity index (χ4v) is 6.11. The Kier molecular flexibility index (Phi) is 6.58. The molecule has 2 atom stereocenters. The number of nitrogens with zero attached hydrogens (tertiary/aromatic N) is 6. The van der Waals surface area contributed by atoms with Gasteiger partial charge in [-0.25, -0.2) is 0 Å². The molecule has 0 radical (unpaired) electrons. The number of benzene rings is 2. The molecule has 0 aliphatic carbocycles. The second-order valence-electron chi connectivity index (χ2n) is 10.6. The Morgan fingerprint density at radius 3 is 2.78 bits per heavy atom. The third kappa shape index (κ3) is 4.70. The number of hydrogen-bond acceptors (Lipinski definition) is 8. The lowest BCUT2D eigenvalue weighted by Gasteiger charge is -2.34. The smallest absolute Gasteiger partial charge is 0.318 e. The number of ether oxygens (including phenoxy) is 1. The molecule has 0 unspecified atom stereocenters. The SMILES string of the molecule is Cc1cccc2cccc(N3Cc4nc(OC[C@@H]5CCCN5C)nc(N5CCN[C@@H](CC#N)C5)c4C3)c12. The molecule has 192 valence electrons. The van der Waals surface area contributed by atoms with Gasteiger partial charge in [0.15, 0.2) is 0 Å². The van der Waals surface area contributed by atoms with Crippen molar-refractivity contribution in [2.45, 2.75) is 51.4 Å². The van der Waals surface area contributed by atoms with Gasteiger partial charge in [0.25, 0.3) is 0 Å². The monoisotopic (exact) mass is 497 g/mol. The minimum Gasteiger partial charge on any atom is -0.462 e. The first kappa shape index (κ1) is 24.0. The van der Waals surface area contributed by atoms with Crippen LogP contribution < -0.4 is 19.9 Å². The van der Waals surface area contributed by atoms with Crippen LogP contribution in [0.1, 0.15) is 36.1 Å². The summed E-state index contributed by atoms with van der Waals surface area (Å²) < 4.78 is 6.24. The number of aryl methyl sites for hydroxylation is 1. The third-order valence-corrected chi connectivity index (χ3v) is 8.14. The van der Waals surface area contributed by atoms with Crippen LogP contribution in [0, 0.1) is 18.3 Å². The Bertz CT molecular complexity index is 1330. The lowest BCUT2D eigenvalue weighted by Crippen LogP contribution is -2.51. The maximum Gasteiger partial charge on any atom is 0.318 e. The van der Waals surface area contributed by atoms with E-state index in [1.807, 2.05) is 0 Å². The Labute approximate surface area is 218 Å². The molecule has 3 aliphatic rings. The zero-order valence-electron chi connectivity index (χ0n) is 21.8. The van der Waals surface area contributed by atoms with Gasteiger partial charge in [0, 0.05) is 54.9 Å². The molecule has 2 aromatic carbocycles. The van der Waals surface area contributed by atoms with Crippen molar-refractivity contribution < 1.29 is 4.74 Å². The van der Waals surface area contributed by atoms with Gasteiger partial charge in [-0.3, -0.25) is 0 Å². The average molecular weight is 498 g/mol. The van der Waals surface area contributed by atoms with E-state index in [0.29, 0.717) is 25.1 Å². The van der Waals surface area contributed by atoms with Gasteiger partial charge in [-0.05, 0) is 50.4 Å².